The van der Waals surface area contributed by atoms with E-state index in [2.05, 4.69) is 21.2 Å². The molecule has 1 aromatic carbocycles. The molecule has 0 saturated carbocycles. The molecule has 0 unspecified atom stereocenters. The standard InChI is InChI=1S/C17H17BrFN3O3/c1-21-14(24)8-10-4-5-22(6-7-23)17(25)15(10)16(21)20-13-3-2-11(18)9-12(13)19/h2-3,8-9,20,23H,4-7H2,1H3. The summed E-state index contributed by atoms with van der Waals surface area (Å²) in [7, 11) is 1.53. The van der Waals surface area contributed by atoms with Crippen LogP contribution in [0, 0.1) is 5.82 Å². The molecule has 1 aromatic heterocycles. The minimum absolute atomic E-state index is 0.142. The quantitative estimate of drug-likeness (QED) is 0.809. The van der Waals surface area contributed by atoms with Gasteiger partial charge in [-0.2, -0.15) is 0 Å². The highest BCUT2D eigenvalue weighted by Crippen LogP contribution is 2.29. The third-order valence-corrected chi connectivity index (χ3v) is 4.72. The number of amides is 1. The van der Waals surface area contributed by atoms with E-state index in [1.807, 2.05) is 0 Å². The molecule has 0 atom stereocenters. The van der Waals surface area contributed by atoms with Crippen molar-refractivity contribution in [2.45, 2.75) is 6.42 Å². The number of benzene rings is 1. The van der Waals surface area contributed by atoms with Gasteiger partial charge in [0, 0.05) is 30.7 Å². The highest BCUT2D eigenvalue weighted by atomic mass is 79.9. The Hall–Kier alpha value is -2.19. The first kappa shape index (κ1) is 17.6. The Morgan fingerprint density at radius 1 is 1.32 bits per heavy atom. The fourth-order valence-electron chi connectivity index (χ4n) is 2.90. The lowest BCUT2D eigenvalue weighted by molar-refractivity contribution is 0.0705. The fraction of sp³-hybridized carbons (Fsp3) is 0.294. The number of pyridine rings is 1. The number of nitrogens with one attached hydrogen (secondary N) is 1. The molecule has 8 heteroatoms. The lowest BCUT2D eigenvalue weighted by Gasteiger charge is -2.30. The summed E-state index contributed by atoms with van der Waals surface area (Å²) in [6, 6.07) is 5.93. The Kier molecular flexibility index (Phi) is 4.91. The van der Waals surface area contributed by atoms with E-state index in [-0.39, 0.29) is 36.1 Å². The number of anilines is 2. The van der Waals surface area contributed by atoms with Crippen molar-refractivity contribution in [1.29, 1.82) is 0 Å². The summed E-state index contributed by atoms with van der Waals surface area (Å²) in [5, 5.41) is 12.0. The van der Waals surface area contributed by atoms with Crippen LogP contribution in [-0.4, -0.2) is 40.2 Å². The topological polar surface area (TPSA) is 74.6 Å². The molecular weight excluding hydrogens is 393 g/mol. The minimum atomic E-state index is -0.505. The molecule has 0 aliphatic carbocycles. The summed E-state index contributed by atoms with van der Waals surface area (Å²) in [6.07, 6.45) is 0.509. The summed E-state index contributed by atoms with van der Waals surface area (Å²) >= 11 is 3.20. The number of carbonyl (C=O) groups excluding carboxylic acids is 1. The molecule has 132 valence electrons. The largest absolute Gasteiger partial charge is 0.395 e. The lowest BCUT2D eigenvalue weighted by Crippen LogP contribution is -2.41. The van der Waals surface area contributed by atoms with Gasteiger partial charge in [-0.15, -0.1) is 0 Å². The highest BCUT2D eigenvalue weighted by molar-refractivity contribution is 9.10. The summed E-state index contributed by atoms with van der Waals surface area (Å²) in [5.41, 5.74) is 0.854. The van der Waals surface area contributed by atoms with E-state index in [4.69, 9.17) is 5.11 Å². The van der Waals surface area contributed by atoms with E-state index < -0.39 is 5.82 Å². The van der Waals surface area contributed by atoms with Crippen molar-refractivity contribution in [2.75, 3.05) is 25.0 Å². The minimum Gasteiger partial charge on any atom is -0.395 e. The maximum absolute atomic E-state index is 14.2. The molecule has 2 heterocycles. The molecular formula is C17H17BrFN3O3. The second-order valence-electron chi connectivity index (χ2n) is 5.81. The molecule has 0 bridgehead atoms. The van der Waals surface area contributed by atoms with Crippen molar-refractivity contribution in [1.82, 2.24) is 9.47 Å². The summed E-state index contributed by atoms with van der Waals surface area (Å²) in [6.45, 7) is 0.510. The van der Waals surface area contributed by atoms with Gasteiger partial charge in [0.15, 0.2) is 0 Å². The molecule has 6 nitrogen and oxygen atoms in total. The number of fused-ring (bicyclic) bond motifs is 1. The maximum atomic E-state index is 14.2. The van der Waals surface area contributed by atoms with Crippen molar-refractivity contribution < 1.29 is 14.3 Å². The van der Waals surface area contributed by atoms with E-state index >= 15 is 0 Å². The van der Waals surface area contributed by atoms with Crippen molar-refractivity contribution >= 4 is 33.3 Å². The number of aliphatic hydroxyl groups excluding tert-OH is 1. The predicted molar refractivity (Wildman–Crippen MR) is 95.8 cm³/mol. The van der Waals surface area contributed by atoms with Gasteiger partial charge < -0.3 is 15.3 Å². The van der Waals surface area contributed by atoms with Crippen LogP contribution in [-0.2, 0) is 13.5 Å². The van der Waals surface area contributed by atoms with Crippen molar-refractivity contribution in [3.63, 3.8) is 0 Å². The van der Waals surface area contributed by atoms with Crippen LogP contribution in [0.1, 0.15) is 15.9 Å². The SMILES string of the molecule is Cn1c(Nc2ccc(Br)cc2F)c2c(cc1=O)CCN(CCO)C2=O. The zero-order chi connectivity index (χ0) is 18.1. The number of aliphatic hydroxyl groups is 1. The Balaban J connectivity index is 2.11. The van der Waals surface area contributed by atoms with Crippen molar-refractivity contribution in [3.05, 3.63) is 56.0 Å². The number of rotatable bonds is 4. The van der Waals surface area contributed by atoms with Crippen LogP contribution in [0.15, 0.2) is 33.5 Å². The summed E-state index contributed by atoms with van der Waals surface area (Å²) < 4.78 is 16.1. The normalized spacial score (nSPS) is 13.8. The van der Waals surface area contributed by atoms with Crippen LogP contribution in [0.5, 0.6) is 0 Å². The first-order valence-corrected chi connectivity index (χ1v) is 8.56. The lowest BCUT2D eigenvalue weighted by atomic mass is 9.99. The molecule has 1 aliphatic rings. The average Bonchev–Trinajstić information content (AvgIpc) is 2.56. The maximum Gasteiger partial charge on any atom is 0.257 e. The van der Waals surface area contributed by atoms with E-state index in [1.165, 1.54) is 34.7 Å². The molecule has 0 fully saturated rings. The zero-order valence-corrected chi connectivity index (χ0v) is 15.1. The first-order valence-electron chi connectivity index (χ1n) is 7.77. The fourth-order valence-corrected chi connectivity index (χ4v) is 3.23. The van der Waals surface area contributed by atoms with Crippen LogP contribution in [0.2, 0.25) is 0 Å². The van der Waals surface area contributed by atoms with E-state index in [9.17, 15) is 14.0 Å². The molecule has 0 radical (unpaired) electrons. The molecule has 1 amide bonds. The van der Waals surface area contributed by atoms with E-state index in [1.54, 1.807) is 6.07 Å². The van der Waals surface area contributed by atoms with Gasteiger partial charge >= 0.3 is 0 Å². The number of β-amino-alcohol motifs (C(OH)–C–C–N with tert-alkyl or cyclic N) is 1. The summed E-state index contributed by atoms with van der Waals surface area (Å²) in [5.74, 6) is -0.544. The summed E-state index contributed by atoms with van der Waals surface area (Å²) in [4.78, 5) is 26.5. The number of hydrogen-bond donors (Lipinski definition) is 2. The molecule has 0 spiro atoms. The molecule has 2 aromatic rings. The van der Waals surface area contributed by atoms with Gasteiger partial charge in [0.2, 0.25) is 0 Å². The first-order chi connectivity index (χ1) is 11.9. The van der Waals surface area contributed by atoms with Gasteiger partial charge in [-0.25, -0.2) is 4.39 Å². The molecule has 2 N–H and O–H groups in total. The predicted octanol–water partition coefficient (Wildman–Crippen LogP) is 2.02. The van der Waals surface area contributed by atoms with Gasteiger partial charge in [-0.3, -0.25) is 14.2 Å². The number of nitrogens with zero attached hydrogens (tertiary/aromatic N) is 2. The third-order valence-electron chi connectivity index (χ3n) is 4.23. The van der Waals surface area contributed by atoms with Crippen LogP contribution >= 0.6 is 15.9 Å². The highest BCUT2D eigenvalue weighted by Gasteiger charge is 2.29. The van der Waals surface area contributed by atoms with E-state index in [0.717, 1.165) is 0 Å². The Labute approximate surface area is 152 Å². The van der Waals surface area contributed by atoms with Crippen LogP contribution in [0.3, 0.4) is 0 Å². The van der Waals surface area contributed by atoms with Crippen LogP contribution in [0.4, 0.5) is 15.9 Å². The van der Waals surface area contributed by atoms with Gasteiger partial charge in [0.1, 0.15) is 11.6 Å². The Morgan fingerprint density at radius 2 is 2.08 bits per heavy atom. The second kappa shape index (κ2) is 6.97. The van der Waals surface area contributed by atoms with Gasteiger partial charge in [-0.1, -0.05) is 15.9 Å². The third kappa shape index (κ3) is 3.32. The van der Waals surface area contributed by atoms with Crippen LogP contribution in [0.25, 0.3) is 0 Å². The Bertz CT molecular complexity index is 897. The number of halogens is 2. The molecule has 25 heavy (non-hydrogen) atoms. The second-order valence-corrected chi connectivity index (χ2v) is 6.72. The average molecular weight is 410 g/mol. The molecule has 1 aliphatic heterocycles. The number of aromatic nitrogens is 1. The molecule has 3 rings (SSSR count). The van der Waals surface area contributed by atoms with Gasteiger partial charge in [0.05, 0.1) is 17.9 Å². The smallest absolute Gasteiger partial charge is 0.257 e. The van der Waals surface area contributed by atoms with Gasteiger partial charge in [0.25, 0.3) is 11.5 Å². The monoisotopic (exact) mass is 409 g/mol. The van der Waals surface area contributed by atoms with Crippen molar-refractivity contribution in [2.24, 2.45) is 7.05 Å². The van der Waals surface area contributed by atoms with Gasteiger partial charge in [-0.05, 0) is 30.2 Å². The van der Waals surface area contributed by atoms with Crippen molar-refractivity contribution in [3.8, 4) is 0 Å². The van der Waals surface area contributed by atoms with Crippen LogP contribution < -0.4 is 10.9 Å². The number of carbonyl (C=O) groups is 1. The van der Waals surface area contributed by atoms with E-state index in [0.29, 0.717) is 28.6 Å². The Morgan fingerprint density at radius 3 is 2.76 bits per heavy atom. The zero-order valence-electron chi connectivity index (χ0n) is 13.6. The number of hydrogen-bond acceptors (Lipinski definition) is 4. The molecule has 0 saturated heterocycles.